The SMILES string of the molecule is C[C@H](N)c1c(Cl)ncc2c1CCCC2. The number of fused-ring (bicyclic) bond motifs is 1. The van der Waals surface area contributed by atoms with Gasteiger partial charge in [0.05, 0.1) is 0 Å². The Morgan fingerprint density at radius 1 is 1.43 bits per heavy atom. The monoisotopic (exact) mass is 210 g/mol. The predicted octanol–water partition coefficient (Wildman–Crippen LogP) is 2.63. The van der Waals surface area contributed by atoms with Gasteiger partial charge in [-0.25, -0.2) is 4.98 Å². The molecule has 0 saturated heterocycles. The summed E-state index contributed by atoms with van der Waals surface area (Å²) in [4.78, 5) is 4.20. The first kappa shape index (κ1) is 9.94. The van der Waals surface area contributed by atoms with Crippen LogP contribution in [0.1, 0.15) is 42.5 Å². The maximum absolute atomic E-state index is 6.07. The third-order valence-electron chi connectivity index (χ3n) is 2.85. The molecule has 0 radical (unpaired) electrons. The van der Waals surface area contributed by atoms with E-state index in [0.29, 0.717) is 5.15 Å². The number of hydrogen-bond acceptors (Lipinski definition) is 2. The highest BCUT2D eigenvalue weighted by molar-refractivity contribution is 6.30. The van der Waals surface area contributed by atoms with E-state index < -0.39 is 0 Å². The molecule has 1 aliphatic carbocycles. The van der Waals surface area contributed by atoms with E-state index in [4.69, 9.17) is 17.3 Å². The van der Waals surface area contributed by atoms with Crippen LogP contribution in [0.2, 0.25) is 5.15 Å². The molecular formula is C11H15ClN2. The van der Waals surface area contributed by atoms with Crippen LogP contribution in [0, 0.1) is 0 Å². The molecule has 1 aromatic heterocycles. The maximum Gasteiger partial charge on any atom is 0.134 e. The summed E-state index contributed by atoms with van der Waals surface area (Å²) in [6.45, 7) is 1.97. The lowest BCUT2D eigenvalue weighted by atomic mass is 9.88. The summed E-state index contributed by atoms with van der Waals surface area (Å²) < 4.78 is 0. The fourth-order valence-electron chi connectivity index (χ4n) is 2.17. The zero-order valence-electron chi connectivity index (χ0n) is 8.39. The Balaban J connectivity index is 2.55. The Labute approximate surface area is 89.5 Å². The number of hydrogen-bond donors (Lipinski definition) is 1. The zero-order valence-corrected chi connectivity index (χ0v) is 9.14. The summed E-state index contributed by atoms with van der Waals surface area (Å²) in [6.07, 6.45) is 6.64. The molecule has 1 aliphatic rings. The highest BCUT2D eigenvalue weighted by atomic mass is 35.5. The van der Waals surface area contributed by atoms with Gasteiger partial charge in [0.25, 0.3) is 0 Å². The Kier molecular flexibility index (Phi) is 2.75. The molecule has 0 aliphatic heterocycles. The largest absolute Gasteiger partial charge is 0.324 e. The molecule has 1 heterocycles. The standard InChI is InChI=1S/C11H15ClN2/c1-7(13)10-9-5-3-2-4-8(9)6-14-11(10)12/h6-7H,2-5,13H2,1H3/t7-/m0/s1. The lowest BCUT2D eigenvalue weighted by Crippen LogP contribution is -2.14. The van der Waals surface area contributed by atoms with Crippen molar-refractivity contribution in [2.45, 2.75) is 38.6 Å². The average Bonchev–Trinajstić information content (AvgIpc) is 2.17. The van der Waals surface area contributed by atoms with Crippen LogP contribution >= 0.6 is 11.6 Å². The predicted molar refractivity (Wildman–Crippen MR) is 58.5 cm³/mol. The number of pyridine rings is 1. The van der Waals surface area contributed by atoms with Crippen molar-refractivity contribution in [2.24, 2.45) is 5.73 Å². The molecule has 0 fully saturated rings. The van der Waals surface area contributed by atoms with Crippen LogP contribution in [0.25, 0.3) is 0 Å². The van der Waals surface area contributed by atoms with Crippen LogP contribution in [0.3, 0.4) is 0 Å². The van der Waals surface area contributed by atoms with Gasteiger partial charge in [-0.1, -0.05) is 11.6 Å². The number of nitrogens with zero attached hydrogens (tertiary/aromatic N) is 1. The van der Waals surface area contributed by atoms with Crippen LogP contribution in [0.4, 0.5) is 0 Å². The second-order valence-corrected chi connectivity index (χ2v) is 4.32. The van der Waals surface area contributed by atoms with E-state index in [1.807, 2.05) is 13.1 Å². The van der Waals surface area contributed by atoms with Crippen molar-refractivity contribution < 1.29 is 0 Å². The summed E-state index contributed by atoms with van der Waals surface area (Å²) in [6, 6.07) is -0.0111. The molecular weight excluding hydrogens is 196 g/mol. The first-order valence-electron chi connectivity index (χ1n) is 5.12. The van der Waals surface area contributed by atoms with Crippen molar-refractivity contribution in [3.05, 3.63) is 28.0 Å². The molecule has 0 spiro atoms. The first-order chi connectivity index (χ1) is 6.70. The number of halogens is 1. The van der Waals surface area contributed by atoms with E-state index >= 15 is 0 Å². The smallest absolute Gasteiger partial charge is 0.134 e. The Morgan fingerprint density at radius 3 is 2.86 bits per heavy atom. The van der Waals surface area contributed by atoms with E-state index in [9.17, 15) is 0 Å². The van der Waals surface area contributed by atoms with Crippen molar-refractivity contribution in [3.8, 4) is 0 Å². The van der Waals surface area contributed by atoms with Gasteiger partial charge in [-0.05, 0) is 43.7 Å². The summed E-state index contributed by atoms with van der Waals surface area (Å²) in [5.74, 6) is 0. The van der Waals surface area contributed by atoms with Gasteiger partial charge >= 0.3 is 0 Å². The third-order valence-corrected chi connectivity index (χ3v) is 3.15. The minimum atomic E-state index is -0.0111. The minimum Gasteiger partial charge on any atom is -0.324 e. The molecule has 0 saturated carbocycles. The van der Waals surface area contributed by atoms with Gasteiger partial charge in [0.2, 0.25) is 0 Å². The summed E-state index contributed by atoms with van der Waals surface area (Å²) in [7, 11) is 0. The molecule has 14 heavy (non-hydrogen) atoms. The van der Waals surface area contributed by atoms with E-state index in [1.165, 1.54) is 24.0 Å². The van der Waals surface area contributed by atoms with Crippen molar-refractivity contribution in [3.63, 3.8) is 0 Å². The zero-order chi connectivity index (χ0) is 10.1. The van der Waals surface area contributed by atoms with Crippen molar-refractivity contribution in [1.82, 2.24) is 4.98 Å². The summed E-state index contributed by atoms with van der Waals surface area (Å²) in [5, 5.41) is 0.584. The van der Waals surface area contributed by atoms with E-state index in [-0.39, 0.29) is 6.04 Å². The summed E-state index contributed by atoms with van der Waals surface area (Å²) in [5.41, 5.74) is 9.67. The number of nitrogens with two attached hydrogens (primary N) is 1. The normalized spacial score (nSPS) is 17.6. The molecule has 2 nitrogen and oxygen atoms in total. The van der Waals surface area contributed by atoms with Crippen molar-refractivity contribution >= 4 is 11.6 Å². The molecule has 1 aromatic rings. The molecule has 0 bridgehead atoms. The Morgan fingerprint density at radius 2 is 2.14 bits per heavy atom. The lowest BCUT2D eigenvalue weighted by Gasteiger charge is -2.21. The van der Waals surface area contributed by atoms with Gasteiger partial charge < -0.3 is 5.73 Å². The minimum absolute atomic E-state index is 0.0111. The number of aromatic nitrogens is 1. The van der Waals surface area contributed by atoms with Crippen LogP contribution in [-0.4, -0.2) is 4.98 Å². The van der Waals surface area contributed by atoms with E-state index in [2.05, 4.69) is 4.98 Å². The van der Waals surface area contributed by atoms with Crippen LogP contribution in [0.15, 0.2) is 6.20 Å². The van der Waals surface area contributed by atoms with Gasteiger partial charge in [-0.15, -0.1) is 0 Å². The molecule has 0 amide bonds. The molecule has 76 valence electrons. The Bertz CT molecular complexity index is 347. The van der Waals surface area contributed by atoms with Gasteiger partial charge in [-0.2, -0.15) is 0 Å². The molecule has 2 N–H and O–H groups in total. The van der Waals surface area contributed by atoms with Crippen molar-refractivity contribution in [1.29, 1.82) is 0 Å². The maximum atomic E-state index is 6.07. The quantitative estimate of drug-likeness (QED) is 0.724. The van der Waals surface area contributed by atoms with Crippen LogP contribution in [0.5, 0.6) is 0 Å². The molecule has 3 heteroatoms. The molecule has 0 aromatic carbocycles. The fourth-order valence-corrected chi connectivity index (χ4v) is 2.51. The fraction of sp³-hybridized carbons (Fsp3) is 0.545. The van der Waals surface area contributed by atoms with Crippen LogP contribution in [-0.2, 0) is 12.8 Å². The molecule has 2 rings (SSSR count). The molecule has 0 unspecified atom stereocenters. The lowest BCUT2D eigenvalue weighted by molar-refractivity contribution is 0.661. The first-order valence-corrected chi connectivity index (χ1v) is 5.49. The van der Waals surface area contributed by atoms with Gasteiger partial charge in [0.1, 0.15) is 5.15 Å². The topological polar surface area (TPSA) is 38.9 Å². The van der Waals surface area contributed by atoms with Gasteiger partial charge in [0.15, 0.2) is 0 Å². The van der Waals surface area contributed by atoms with Gasteiger partial charge in [-0.3, -0.25) is 0 Å². The number of rotatable bonds is 1. The third kappa shape index (κ3) is 1.64. The highest BCUT2D eigenvalue weighted by Gasteiger charge is 2.18. The second-order valence-electron chi connectivity index (χ2n) is 3.96. The second kappa shape index (κ2) is 3.87. The van der Waals surface area contributed by atoms with E-state index in [1.54, 1.807) is 0 Å². The summed E-state index contributed by atoms with van der Waals surface area (Å²) >= 11 is 6.07. The average molecular weight is 211 g/mol. The van der Waals surface area contributed by atoms with Crippen LogP contribution < -0.4 is 5.73 Å². The highest BCUT2D eigenvalue weighted by Crippen LogP contribution is 2.30. The Hall–Kier alpha value is -0.600. The molecule has 1 atom stereocenters. The number of aryl methyl sites for hydroxylation is 1. The van der Waals surface area contributed by atoms with Crippen molar-refractivity contribution in [2.75, 3.05) is 0 Å². The van der Waals surface area contributed by atoms with E-state index in [0.717, 1.165) is 18.4 Å². The van der Waals surface area contributed by atoms with Gasteiger partial charge in [0, 0.05) is 17.8 Å².